The van der Waals surface area contributed by atoms with Crippen LogP contribution in [0.2, 0.25) is 5.02 Å². The zero-order valence-corrected chi connectivity index (χ0v) is 12.5. The molecule has 2 aromatic carbocycles. The van der Waals surface area contributed by atoms with E-state index in [1.165, 1.54) is 0 Å². The largest absolute Gasteiger partial charge is 0.497 e. The van der Waals surface area contributed by atoms with Crippen molar-refractivity contribution >= 4 is 23.2 Å². The first-order valence-electron chi connectivity index (χ1n) is 6.35. The molecule has 108 valence electrons. The number of carbonyl (C=O) groups is 1. The standard InChI is InChI=1S/C16H15ClN2O2/c1-11(14-8-3-4-9-15(14)17)18-19-16(20)12-6-5-7-13(10-12)21-2/h3-10H,1-2H3,(H,19,20)/b18-11+. The molecule has 0 heterocycles. The number of nitrogens with zero attached hydrogens (tertiary/aromatic N) is 1. The molecule has 1 N–H and O–H groups in total. The van der Waals surface area contributed by atoms with Crippen molar-refractivity contribution in [2.24, 2.45) is 5.10 Å². The number of hydrazone groups is 1. The van der Waals surface area contributed by atoms with E-state index in [1.54, 1.807) is 44.4 Å². The fourth-order valence-electron chi connectivity index (χ4n) is 1.78. The van der Waals surface area contributed by atoms with Crippen molar-refractivity contribution in [3.8, 4) is 5.75 Å². The number of carbonyl (C=O) groups excluding carboxylic acids is 1. The highest BCUT2D eigenvalue weighted by atomic mass is 35.5. The van der Waals surface area contributed by atoms with Crippen molar-refractivity contribution in [1.29, 1.82) is 0 Å². The smallest absolute Gasteiger partial charge is 0.271 e. The van der Waals surface area contributed by atoms with Crippen LogP contribution in [-0.4, -0.2) is 18.7 Å². The van der Waals surface area contributed by atoms with Gasteiger partial charge in [0.25, 0.3) is 5.91 Å². The van der Waals surface area contributed by atoms with Gasteiger partial charge in [-0.15, -0.1) is 0 Å². The Morgan fingerprint density at radius 2 is 1.95 bits per heavy atom. The van der Waals surface area contributed by atoms with Gasteiger partial charge in [-0.1, -0.05) is 35.9 Å². The number of benzene rings is 2. The topological polar surface area (TPSA) is 50.7 Å². The van der Waals surface area contributed by atoms with Crippen LogP contribution in [0.5, 0.6) is 5.75 Å². The Morgan fingerprint density at radius 3 is 2.67 bits per heavy atom. The molecule has 2 rings (SSSR count). The maximum Gasteiger partial charge on any atom is 0.271 e. The first kappa shape index (κ1) is 15.1. The summed E-state index contributed by atoms with van der Waals surface area (Å²) in [7, 11) is 1.55. The summed E-state index contributed by atoms with van der Waals surface area (Å²) in [6.45, 7) is 1.78. The molecule has 0 saturated heterocycles. The van der Waals surface area contributed by atoms with Gasteiger partial charge >= 0.3 is 0 Å². The lowest BCUT2D eigenvalue weighted by Gasteiger charge is -2.05. The second-order valence-electron chi connectivity index (χ2n) is 4.35. The number of halogens is 1. The predicted molar refractivity (Wildman–Crippen MR) is 84.1 cm³/mol. The van der Waals surface area contributed by atoms with E-state index >= 15 is 0 Å². The number of amides is 1. The molecule has 0 aliphatic carbocycles. The summed E-state index contributed by atoms with van der Waals surface area (Å²) in [4.78, 5) is 12.0. The Morgan fingerprint density at radius 1 is 1.19 bits per heavy atom. The van der Waals surface area contributed by atoms with Gasteiger partial charge in [-0.05, 0) is 31.2 Å². The summed E-state index contributed by atoms with van der Waals surface area (Å²) < 4.78 is 5.08. The SMILES string of the molecule is COc1cccc(C(=O)N/N=C(\C)c2ccccc2Cl)c1. The molecule has 5 heteroatoms. The minimum absolute atomic E-state index is 0.305. The lowest BCUT2D eigenvalue weighted by molar-refractivity contribution is 0.0954. The van der Waals surface area contributed by atoms with Crippen molar-refractivity contribution in [1.82, 2.24) is 5.43 Å². The zero-order valence-electron chi connectivity index (χ0n) is 11.8. The van der Waals surface area contributed by atoms with Crippen LogP contribution in [0.25, 0.3) is 0 Å². The molecule has 21 heavy (non-hydrogen) atoms. The highest BCUT2D eigenvalue weighted by Gasteiger charge is 2.07. The molecule has 0 atom stereocenters. The summed E-state index contributed by atoms with van der Waals surface area (Å²) in [5, 5.41) is 4.67. The van der Waals surface area contributed by atoms with Crippen molar-refractivity contribution < 1.29 is 9.53 Å². The minimum Gasteiger partial charge on any atom is -0.497 e. The van der Waals surface area contributed by atoms with Gasteiger partial charge in [0.15, 0.2) is 0 Å². The number of rotatable bonds is 4. The maximum absolute atomic E-state index is 12.0. The Hall–Kier alpha value is -2.33. The summed E-state index contributed by atoms with van der Waals surface area (Å²) >= 11 is 6.08. The van der Waals surface area contributed by atoms with Gasteiger partial charge in [-0.2, -0.15) is 5.10 Å². The van der Waals surface area contributed by atoms with Crippen LogP contribution in [0.15, 0.2) is 53.6 Å². The first-order chi connectivity index (χ1) is 10.1. The monoisotopic (exact) mass is 302 g/mol. The molecule has 0 aliphatic rings. The molecule has 0 radical (unpaired) electrons. The number of nitrogens with one attached hydrogen (secondary N) is 1. The van der Waals surface area contributed by atoms with Crippen LogP contribution in [0, 0.1) is 0 Å². The van der Waals surface area contributed by atoms with Crippen LogP contribution >= 0.6 is 11.6 Å². The molecule has 2 aromatic rings. The number of ether oxygens (including phenoxy) is 1. The van der Waals surface area contributed by atoms with E-state index in [0.717, 1.165) is 5.56 Å². The third kappa shape index (κ3) is 3.83. The lowest BCUT2D eigenvalue weighted by atomic mass is 10.1. The molecule has 4 nitrogen and oxygen atoms in total. The zero-order chi connectivity index (χ0) is 15.2. The van der Waals surface area contributed by atoms with Gasteiger partial charge in [0.2, 0.25) is 0 Å². The molecule has 0 aliphatic heterocycles. The number of hydrogen-bond acceptors (Lipinski definition) is 3. The number of methoxy groups -OCH3 is 1. The predicted octanol–water partition coefficient (Wildman–Crippen LogP) is 3.50. The van der Waals surface area contributed by atoms with E-state index in [9.17, 15) is 4.79 Å². The molecule has 0 spiro atoms. The van der Waals surface area contributed by atoms with E-state index in [2.05, 4.69) is 10.5 Å². The van der Waals surface area contributed by atoms with Crippen LogP contribution in [0.4, 0.5) is 0 Å². The Labute approximate surface area is 128 Å². The second kappa shape index (κ2) is 6.90. The quantitative estimate of drug-likeness (QED) is 0.694. The Balaban J connectivity index is 2.13. The van der Waals surface area contributed by atoms with Gasteiger partial charge in [0.05, 0.1) is 12.8 Å². The van der Waals surface area contributed by atoms with Crippen molar-refractivity contribution in [2.45, 2.75) is 6.92 Å². The molecule has 0 unspecified atom stereocenters. The van der Waals surface area contributed by atoms with E-state index in [-0.39, 0.29) is 5.91 Å². The Bertz CT molecular complexity index is 683. The van der Waals surface area contributed by atoms with Crippen molar-refractivity contribution in [3.63, 3.8) is 0 Å². The van der Waals surface area contributed by atoms with E-state index < -0.39 is 0 Å². The van der Waals surface area contributed by atoms with Crippen LogP contribution in [0.3, 0.4) is 0 Å². The van der Waals surface area contributed by atoms with Crippen LogP contribution < -0.4 is 10.2 Å². The molecular formula is C16H15ClN2O2. The van der Waals surface area contributed by atoms with Gasteiger partial charge < -0.3 is 4.74 Å². The van der Waals surface area contributed by atoms with E-state index in [0.29, 0.717) is 22.0 Å². The van der Waals surface area contributed by atoms with Crippen molar-refractivity contribution in [3.05, 3.63) is 64.7 Å². The third-order valence-corrected chi connectivity index (χ3v) is 3.25. The van der Waals surface area contributed by atoms with Gasteiger partial charge in [0, 0.05) is 16.1 Å². The summed E-state index contributed by atoms with van der Waals surface area (Å²) in [5.74, 6) is 0.315. The third-order valence-electron chi connectivity index (χ3n) is 2.92. The second-order valence-corrected chi connectivity index (χ2v) is 4.76. The fraction of sp³-hybridized carbons (Fsp3) is 0.125. The fourth-order valence-corrected chi connectivity index (χ4v) is 2.05. The molecule has 1 amide bonds. The normalized spacial score (nSPS) is 11.1. The van der Waals surface area contributed by atoms with Gasteiger partial charge in [0.1, 0.15) is 5.75 Å². The minimum atomic E-state index is -0.305. The van der Waals surface area contributed by atoms with E-state index in [1.807, 2.05) is 18.2 Å². The highest BCUT2D eigenvalue weighted by molar-refractivity contribution is 6.34. The van der Waals surface area contributed by atoms with E-state index in [4.69, 9.17) is 16.3 Å². The van der Waals surface area contributed by atoms with Crippen LogP contribution in [-0.2, 0) is 0 Å². The number of hydrogen-bond donors (Lipinski definition) is 1. The molecule has 0 bridgehead atoms. The summed E-state index contributed by atoms with van der Waals surface area (Å²) in [6, 6.07) is 14.2. The summed E-state index contributed by atoms with van der Waals surface area (Å²) in [6.07, 6.45) is 0. The molecular weight excluding hydrogens is 288 g/mol. The average Bonchev–Trinajstić information content (AvgIpc) is 2.52. The van der Waals surface area contributed by atoms with Gasteiger partial charge in [-0.25, -0.2) is 5.43 Å². The average molecular weight is 303 g/mol. The first-order valence-corrected chi connectivity index (χ1v) is 6.73. The van der Waals surface area contributed by atoms with Crippen LogP contribution in [0.1, 0.15) is 22.8 Å². The maximum atomic E-state index is 12.0. The molecule has 0 fully saturated rings. The Kier molecular flexibility index (Phi) is 4.95. The van der Waals surface area contributed by atoms with Gasteiger partial charge in [-0.3, -0.25) is 4.79 Å². The highest BCUT2D eigenvalue weighted by Crippen LogP contribution is 2.16. The molecule has 0 aromatic heterocycles. The summed E-state index contributed by atoms with van der Waals surface area (Å²) in [5.41, 5.74) is 4.41. The lowest BCUT2D eigenvalue weighted by Crippen LogP contribution is -2.19. The molecule has 0 saturated carbocycles. The van der Waals surface area contributed by atoms with Crippen molar-refractivity contribution in [2.75, 3.05) is 7.11 Å².